The number of hydrogen-bond acceptors (Lipinski definition) is 12. The first-order chi connectivity index (χ1) is 25.8. The topological polar surface area (TPSA) is 157 Å². The maximum Gasteiger partial charge on any atom is 0.414 e. The first-order valence-electron chi connectivity index (χ1n) is 16.6. The lowest BCUT2D eigenvalue weighted by Gasteiger charge is -2.27. The van der Waals surface area contributed by atoms with Gasteiger partial charge in [0.05, 0.1) is 48.9 Å². The van der Waals surface area contributed by atoms with Gasteiger partial charge in [-0.15, -0.1) is 0 Å². The Bertz CT molecular complexity index is 1790. The van der Waals surface area contributed by atoms with E-state index in [0.29, 0.717) is 44.0 Å². The van der Waals surface area contributed by atoms with E-state index in [1.807, 2.05) is 0 Å². The highest BCUT2D eigenvalue weighted by molar-refractivity contribution is 5.92. The van der Waals surface area contributed by atoms with Crippen molar-refractivity contribution in [1.29, 1.82) is 0 Å². The molecule has 290 valence electrons. The monoisotopic (exact) mass is 768 g/mol. The van der Waals surface area contributed by atoms with Crippen LogP contribution in [-0.2, 0) is 23.9 Å². The van der Waals surface area contributed by atoms with Gasteiger partial charge in [0.25, 0.3) is 12.9 Å². The van der Waals surface area contributed by atoms with Crippen LogP contribution in [0.5, 0.6) is 0 Å². The van der Waals surface area contributed by atoms with E-state index in [0.717, 1.165) is 6.07 Å². The lowest BCUT2D eigenvalue weighted by Crippen LogP contribution is -2.37. The number of benzene rings is 2. The van der Waals surface area contributed by atoms with Gasteiger partial charge in [-0.3, -0.25) is 24.2 Å². The Kier molecular flexibility index (Phi) is 12.9. The van der Waals surface area contributed by atoms with E-state index in [1.54, 1.807) is 11.0 Å². The maximum absolute atomic E-state index is 14.5. The van der Waals surface area contributed by atoms with Crippen molar-refractivity contribution in [3.8, 4) is 0 Å². The highest BCUT2D eigenvalue weighted by Gasteiger charge is 2.35. The van der Waals surface area contributed by atoms with Crippen molar-refractivity contribution < 1.29 is 59.8 Å². The van der Waals surface area contributed by atoms with Crippen molar-refractivity contribution in [3.63, 3.8) is 0 Å². The fraction of sp³-hybridized carbons (Fsp3) is 0.424. The molecular weight excluding hydrogens is 734 g/mol. The van der Waals surface area contributed by atoms with Crippen molar-refractivity contribution in [1.82, 2.24) is 10.4 Å². The molecule has 4 aliphatic rings. The molecule has 2 aromatic carbocycles. The van der Waals surface area contributed by atoms with Crippen LogP contribution in [0.25, 0.3) is 0 Å². The normalized spacial score (nSPS) is 19.5. The standard InChI is InChI=1S/C17H17F3N4O4.C16H17F3N4O3/c18-13-7-11(1-3-14(13)22-5-6-23(10-25)21-9-22)24-8-12(28-17(24)27)2-4-15(26)16(19)20;17-12-7-10(1-3-13(12)22-6-5-20-21-9-22)23-8-11(26-16(23)25)2-4-14(24)15(18)19/h1,3,7,9-10,12,16H,2,4-6,8H2;1,3,7,9,11,15,20H,2,4-6,8H2/t12-;11-/m00/s1. The van der Waals surface area contributed by atoms with Crippen LogP contribution in [-0.4, -0.2) is 112 Å². The predicted molar refractivity (Wildman–Crippen MR) is 181 cm³/mol. The van der Waals surface area contributed by atoms with Gasteiger partial charge < -0.3 is 24.7 Å². The Morgan fingerprint density at radius 2 is 1.28 bits per heavy atom. The van der Waals surface area contributed by atoms with Crippen LogP contribution >= 0.6 is 0 Å². The van der Waals surface area contributed by atoms with E-state index in [9.17, 15) is 50.3 Å². The fourth-order valence-electron chi connectivity index (χ4n) is 5.69. The summed E-state index contributed by atoms with van der Waals surface area (Å²) in [6, 6.07) is 8.45. The van der Waals surface area contributed by atoms with E-state index < -0.39 is 66.9 Å². The first-order valence-corrected chi connectivity index (χ1v) is 16.6. The average molecular weight is 769 g/mol. The Hall–Kier alpha value is -5.89. The van der Waals surface area contributed by atoms with Crippen molar-refractivity contribution >= 4 is 65.6 Å². The number of ketones is 2. The number of anilines is 4. The maximum atomic E-state index is 14.5. The summed E-state index contributed by atoms with van der Waals surface area (Å²) in [5.74, 6) is -3.53. The molecule has 0 spiro atoms. The minimum Gasteiger partial charge on any atom is -0.444 e. The second kappa shape index (κ2) is 17.8. The Morgan fingerprint density at radius 3 is 1.67 bits per heavy atom. The molecule has 4 aliphatic heterocycles. The van der Waals surface area contributed by atoms with Gasteiger partial charge in [0.2, 0.25) is 6.41 Å². The van der Waals surface area contributed by atoms with Crippen LogP contribution in [0.15, 0.2) is 46.6 Å². The Labute approximate surface area is 303 Å². The number of ether oxygens (including phenoxy) is 2. The predicted octanol–water partition coefficient (Wildman–Crippen LogP) is 4.11. The molecular formula is C33H34F6N8O7. The summed E-state index contributed by atoms with van der Waals surface area (Å²) >= 11 is 0. The van der Waals surface area contributed by atoms with Gasteiger partial charge >= 0.3 is 12.2 Å². The first kappa shape index (κ1) is 39.3. The third-order valence-electron chi connectivity index (χ3n) is 8.55. The summed E-state index contributed by atoms with van der Waals surface area (Å²) < 4.78 is 88.1. The zero-order valence-corrected chi connectivity index (χ0v) is 28.3. The molecule has 2 fully saturated rings. The van der Waals surface area contributed by atoms with Crippen LogP contribution < -0.4 is 25.0 Å². The number of nitrogens with zero attached hydrogens (tertiary/aromatic N) is 7. The van der Waals surface area contributed by atoms with E-state index in [1.165, 1.54) is 56.7 Å². The van der Waals surface area contributed by atoms with Gasteiger partial charge in [-0.05, 0) is 49.2 Å². The van der Waals surface area contributed by atoms with Gasteiger partial charge in [0.15, 0.2) is 11.6 Å². The summed E-state index contributed by atoms with van der Waals surface area (Å²) in [7, 11) is 0. The summed E-state index contributed by atoms with van der Waals surface area (Å²) in [4.78, 5) is 62.2. The smallest absolute Gasteiger partial charge is 0.414 e. The fourth-order valence-corrected chi connectivity index (χ4v) is 5.69. The molecule has 0 unspecified atom stereocenters. The van der Waals surface area contributed by atoms with Gasteiger partial charge in [-0.1, -0.05) is 0 Å². The van der Waals surface area contributed by atoms with Gasteiger partial charge in [0.1, 0.15) is 36.5 Å². The molecule has 2 aromatic rings. The summed E-state index contributed by atoms with van der Waals surface area (Å²) in [6.45, 7) is 1.89. The minimum atomic E-state index is -3.05. The highest BCUT2D eigenvalue weighted by atomic mass is 19.3. The quantitative estimate of drug-likeness (QED) is 0.233. The number of halogens is 6. The molecule has 54 heavy (non-hydrogen) atoms. The third kappa shape index (κ3) is 9.75. The van der Waals surface area contributed by atoms with Crippen molar-refractivity contribution in [2.24, 2.45) is 10.2 Å². The SMILES string of the molecule is O=C(CC[C@H]1CN(c2ccc(N3C=NNCC3)c(F)c2)C(=O)O1)C(F)F.O=CN1CCN(c2ccc(N3C[C@H](CCC(=O)C(F)F)OC3=O)cc2F)C=N1. The molecule has 0 aromatic heterocycles. The zero-order valence-electron chi connectivity index (χ0n) is 28.3. The lowest BCUT2D eigenvalue weighted by atomic mass is 10.1. The third-order valence-corrected chi connectivity index (χ3v) is 8.55. The van der Waals surface area contributed by atoms with E-state index >= 15 is 0 Å². The second-order valence-electron chi connectivity index (χ2n) is 12.2. The molecule has 6 rings (SSSR count). The number of hydrogen-bond donors (Lipinski definition) is 1. The molecule has 2 atom stereocenters. The van der Waals surface area contributed by atoms with Crippen LogP contribution in [0.4, 0.5) is 58.7 Å². The number of amides is 3. The molecule has 0 bridgehead atoms. The van der Waals surface area contributed by atoms with Gasteiger partial charge in [0, 0.05) is 25.9 Å². The van der Waals surface area contributed by atoms with Crippen molar-refractivity contribution in [2.75, 3.05) is 58.9 Å². The largest absolute Gasteiger partial charge is 0.444 e. The number of alkyl halides is 4. The Morgan fingerprint density at radius 1 is 0.778 bits per heavy atom. The van der Waals surface area contributed by atoms with Crippen LogP contribution in [0, 0.1) is 11.6 Å². The molecule has 15 nitrogen and oxygen atoms in total. The van der Waals surface area contributed by atoms with Crippen LogP contribution in [0.1, 0.15) is 25.7 Å². The van der Waals surface area contributed by atoms with Gasteiger partial charge in [-0.25, -0.2) is 40.9 Å². The summed E-state index contributed by atoms with van der Waals surface area (Å²) in [6.07, 6.45) is -6.34. The van der Waals surface area contributed by atoms with Crippen molar-refractivity contribution in [2.45, 2.75) is 50.7 Å². The number of carbonyl (C=O) groups is 5. The summed E-state index contributed by atoms with van der Waals surface area (Å²) in [5.41, 5.74) is 3.86. The van der Waals surface area contributed by atoms with E-state index in [4.69, 9.17) is 9.47 Å². The number of carbonyl (C=O) groups excluding carboxylic acids is 5. The number of hydrazone groups is 2. The van der Waals surface area contributed by atoms with Crippen LogP contribution in [0.2, 0.25) is 0 Å². The lowest BCUT2D eigenvalue weighted by molar-refractivity contribution is -0.130. The van der Waals surface area contributed by atoms with E-state index in [2.05, 4.69) is 15.6 Å². The number of nitrogens with one attached hydrogen (secondary N) is 1. The number of cyclic esters (lactones) is 2. The molecule has 21 heteroatoms. The molecule has 2 saturated heterocycles. The molecule has 4 heterocycles. The highest BCUT2D eigenvalue weighted by Crippen LogP contribution is 2.30. The molecule has 1 N–H and O–H groups in total. The molecule has 0 saturated carbocycles. The average Bonchev–Trinajstić information content (AvgIpc) is 3.74. The number of Topliss-reactive ketones (excluding diaryl/α,β-unsaturated/α-hetero) is 2. The zero-order chi connectivity index (χ0) is 38.9. The molecule has 0 aliphatic carbocycles. The number of rotatable bonds is 13. The molecule has 3 amide bonds. The summed E-state index contributed by atoms with van der Waals surface area (Å²) in [5, 5.41) is 8.90. The minimum absolute atomic E-state index is 0.00320. The van der Waals surface area contributed by atoms with Crippen molar-refractivity contribution in [3.05, 3.63) is 48.0 Å². The second-order valence-corrected chi connectivity index (χ2v) is 12.2. The molecule has 0 radical (unpaired) electrons. The van der Waals surface area contributed by atoms with Crippen LogP contribution in [0.3, 0.4) is 0 Å². The Balaban J connectivity index is 0.000000208. The van der Waals surface area contributed by atoms with E-state index in [-0.39, 0.29) is 43.7 Å². The van der Waals surface area contributed by atoms with Gasteiger partial charge in [-0.2, -0.15) is 10.2 Å².